The molecule has 3 rings (SSSR count). The summed E-state index contributed by atoms with van der Waals surface area (Å²) in [6.45, 7) is 1.93. The summed E-state index contributed by atoms with van der Waals surface area (Å²) in [5.41, 5.74) is 1.66. The third kappa shape index (κ3) is 2.73. The molecule has 2 heterocycles. The Morgan fingerprint density at radius 3 is 2.83 bits per heavy atom. The predicted molar refractivity (Wildman–Crippen MR) is 84.2 cm³/mol. The molecule has 2 aromatic heterocycles. The van der Waals surface area contributed by atoms with Gasteiger partial charge in [-0.15, -0.1) is 0 Å². The largest absolute Gasteiger partial charge is 0.494 e. The molecule has 1 aromatic carbocycles. The number of thiazole rings is 1. The third-order valence-electron chi connectivity index (χ3n) is 3.14. The fraction of sp³-hybridized carbons (Fsp3) is 0.143. The van der Waals surface area contributed by atoms with E-state index in [2.05, 4.69) is 10.3 Å². The van der Waals surface area contributed by atoms with Crippen LogP contribution in [0.5, 0.6) is 5.75 Å². The summed E-state index contributed by atoms with van der Waals surface area (Å²) in [5, 5.41) is 13.5. The number of hydrogen-bond acceptors (Lipinski definition) is 7. The number of furan rings is 1. The van der Waals surface area contributed by atoms with Crippen molar-refractivity contribution in [3.8, 4) is 5.75 Å². The number of aryl methyl sites for hydroxylation is 1. The lowest BCUT2D eigenvalue weighted by molar-refractivity contribution is -0.402. The molecule has 0 bridgehead atoms. The Bertz CT molecular complexity index is 914. The SMILES string of the molecule is COc1ccc(C)c2sc(NC(=O)c3ccc([N+](=O)[O-])o3)nc12. The molecule has 118 valence electrons. The molecule has 0 fully saturated rings. The summed E-state index contributed by atoms with van der Waals surface area (Å²) in [4.78, 5) is 26.3. The molecule has 1 N–H and O–H groups in total. The number of carbonyl (C=O) groups is 1. The fourth-order valence-corrected chi connectivity index (χ4v) is 2.98. The number of nitrogens with zero attached hydrogens (tertiary/aromatic N) is 2. The normalized spacial score (nSPS) is 10.7. The number of methoxy groups -OCH3 is 1. The van der Waals surface area contributed by atoms with Crippen LogP contribution in [0.25, 0.3) is 10.2 Å². The third-order valence-corrected chi connectivity index (χ3v) is 4.25. The van der Waals surface area contributed by atoms with E-state index in [9.17, 15) is 14.9 Å². The number of nitrogens with one attached hydrogen (secondary N) is 1. The first-order valence-corrected chi connectivity index (χ1v) is 7.31. The number of benzene rings is 1. The van der Waals surface area contributed by atoms with Gasteiger partial charge in [0.15, 0.2) is 10.9 Å². The molecule has 0 saturated carbocycles. The van der Waals surface area contributed by atoms with Crippen LogP contribution in [-0.4, -0.2) is 22.9 Å². The van der Waals surface area contributed by atoms with Crippen LogP contribution in [0, 0.1) is 17.0 Å². The van der Waals surface area contributed by atoms with Crippen LogP contribution in [-0.2, 0) is 0 Å². The van der Waals surface area contributed by atoms with E-state index in [4.69, 9.17) is 9.15 Å². The summed E-state index contributed by atoms with van der Waals surface area (Å²) < 4.78 is 11.0. The van der Waals surface area contributed by atoms with Crippen molar-refractivity contribution >= 4 is 38.5 Å². The number of fused-ring (bicyclic) bond motifs is 1. The van der Waals surface area contributed by atoms with E-state index in [1.165, 1.54) is 17.4 Å². The van der Waals surface area contributed by atoms with Gasteiger partial charge in [0.2, 0.25) is 0 Å². The zero-order chi connectivity index (χ0) is 16.6. The number of ether oxygens (including phenoxy) is 1. The maximum atomic E-state index is 12.1. The molecule has 0 atom stereocenters. The van der Waals surface area contributed by atoms with Gasteiger partial charge in [0.1, 0.15) is 16.2 Å². The van der Waals surface area contributed by atoms with Crippen LogP contribution in [0.2, 0.25) is 0 Å². The molecule has 8 nitrogen and oxygen atoms in total. The Balaban J connectivity index is 1.90. The van der Waals surface area contributed by atoms with Crippen LogP contribution in [0.1, 0.15) is 16.1 Å². The number of hydrogen-bond donors (Lipinski definition) is 1. The van der Waals surface area contributed by atoms with Gasteiger partial charge in [-0.25, -0.2) is 4.98 Å². The summed E-state index contributed by atoms with van der Waals surface area (Å²) in [5.74, 6) is -0.638. The lowest BCUT2D eigenvalue weighted by Gasteiger charge is -2.01. The van der Waals surface area contributed by atoms with Gasteiger partial charge in [0.05, 0.1) is 17.9 Å². The highest BCUT2D eigenvalue weighted by Gasteiger charge is 2.19. The summed E-state index contributed by atoms with van der Waals surface area (Å²) in [6.07, 6.45) is 0. The van der Waals surface area contributed by atoms with Gasteiger partial charge in [-0.05, 0) is 24.6 Å². The summed E-state index contributed by atoms with van der Waals surface area (Å²) >= 11 is 1.29. The Labute approximate surface area is 133 Å². The topological polar surface area (TPSA) is 108 Å². The molecule has 0 saturated heterocycles. The minimum absolute atomic E-state index is 0.153. The zero-order valence-corrected chi connectivity index (χ0v) is 13.0. The van der Waals surface area contributed by atoms with Gasteiger partial charge in [0, 0.05) is 0 Å². The number of anilines is 1. The molecule has 9 heteroatoms. The van der Waals surface area contributed by atoms with Crippen molar-refractivity contribution in [1.82, 2.24) is 4.98 Å². The van der Waals surface area contributed by atoms with Crippen LogP contribution in [0.3, 0.4) is 0 Å². The lowest BCUT2D eigenvalue weighted by atomic mass is 10.2. The van der Waals surface area contributed by atoms with Gasteiger partial charge >= 0.3 is 5.88 Å². The Morgan fingerprint density at radius 1 is 1.39 bits per heavy atom. The van der Waals surface area contributed by atoms with E-state index in [0.29, 0.717) is 16.4 Å². The van der Waals surface area contributed by atoms with Gasteiger partial charge < -0.3 is 9.15 Å². The highest BCUT2D eigenvalue weighted by molar-refractivity contribution is 7.22. The minimum atomic E-state index is -0.706. The average Bonchev–Trinajstić information content (AvgIpc) is 3.14. The Kier molecular flexibility index (Phi) is 3.70. The molecular formula is C14H11N3O5S. The number of aromatic nitrogens is 1. The second-order valence-corrected chi connectivity index (χ2v) is 5.63. The van der Waals surface area contributed by atoms with E-state index in [-0.39, 0.29) is 5.76 Å². The molecule has 0 aliphatic rings. The molecule has 0 spiro atoms. The molecule has 3 aromatic rings. The second-order valence-electron chi connectivity index (χ2n) is 4.63. The van der Waals surface area contributed by atoms with E-state index in [1.807, 2.05) is 13.0 Å². The quantitative estimate of drug-likeness (QED) is 0.579. The molecule has 0 unspecified atom stereocenters. The van der Waals surface area contributed by atoms with Crippen molar-refractivity contribution in [2.75, 3.05) is 12.4 Å². The van der Waals surface area contributed by atoms with Crippen LogP contribution in [0.15, 0.2) is 28.7 Å². The molecule has 0 radical (unpaired) electrons. The smallest absolute Gasteiger partial charge is 0.433 e. The Hall–Kier alpha value is -2.94. The van der Waals surface area contributed by atoms with Crippen molar-refractivity contribution in [2.45, 2.75) is 6.92 Å². The van der Waals surface area contributed by atoms with Gasteiger partial charge in [-0.2, -0.15) is 0 Å². The van der Waals surface area contributed by atoms with Gasteiger partial charge in [0.25, 0.3) is 5.91 Å². The molecule has 0 aliphatic carbocycles. The van der Waals surface area contributed by atoms with Gasteiger partial charge in [-0.3, -0.25) is 20.2 Å². The van der Waals surface area contributed by atoms with E-state index in [1.54, 1.807) is 13.2 Å². The van der Waals surface area contributed by atoms with Crippen molar-refractivity contribution in [2.24, 2.45) is 0 Å². The maximum Gasteiger partial charge on any atom is 0.433 e. The van der Waals surface area contributed by atoms with E-state index < -0.39 is 16.7 Å². The number of nitro groups is 1. The first kappa shape index (κ1) is 15.0. The molecule has 0 aliphatic heterocycles. The standard InChI is InChI=1S/C14H11N3O5S/c1-7-3-4-8(21-2)11-12(7)23-14(15-11)16-13(18)9-5-6-10(22-9)17(19)20/h3-6H,1-2H3,(H,15,16,18). The first-order valence-electron chi connectivity index (χ1n) is 6.49. The van der Waals surface area contributed by atoms with E-state index >= 15 is 0 Å². The van der Waals surface area contributed by atoms with Gasteiger partial charge in [-0.1, -0.05) is 17.4 Å². The fourth-order valence-electron chi connectivity index (χ4n) is 2.03. The van der Waals surface area contributed by atoms with Crippen LogP contribution < -0.4 is 10.1 Å². The van der Waals surface area contributed by atoms with Crippen molar-refractivity contribution < 1.29 is 18.9 Å². The molecular weight excluding hydrogens is 322 g/mol. The second kappa shape index (κ2) is 5.69. The van der Waals surface area contributed by atoms with Crippen molar-refractivity contribution in [1.29, 1.82) is 0 Å². The summed E-state index contributed by atoms with van der Waals surface area (Å²) in [7, 11) is 1.55. The monoisotopic (exact) mass is 333 g/mol. The van der Waals surface area contributed by atoms with Crippen molar-refractivity contribution in [3.05, 3.63) is 45.7 Å². The number of rotatable bonds is 4. The van der Waals surface area contributed by atoms with E-state index in [0.717, 1.165) is 16.3 Å². The highest BCUT2D eigenvalue weighted by Crippen LogP contribution is 2.34. The lowest BCUT2D eigenvalue weighted by Crippen LogP contribution is -2.10. The average molecular weight is 333 g/mol. The molecule has 1 amide bonds. The zero-order valence-electron chi connectivity index (χ0n) is 12.2. The Morgan fingerprint density at radius 2 is 2.17 bits per heavy atom. The first-order chi connectivity index (χ1) is 11.0. The number of carbonyl (C=O) groups excluding carboxylic acids is 1. The van der Waals surface area contributed by atoms with Crippen LogP contribution in [0.4, 0.5) is 11.0 Å². The summed E-state index contributed by atoms with van der Waals surface area (Å²) in [6, 6.07) is 6.08. The van der Waals surface area contributed by atoms with Crippen molar-refractivity contribution in [3.63, 3.8) is 0 Å². The minimum Gasteiger partial charge on any atom is -0.494 e. The van der Waals surface area contributed by atoms with Crippen LogP contribution >= 0.6 is 11.3 Å². The maximum absolute atomic E-state index is 12.1. The number of amides is 1. The molecule has 23 heavy (non-hydrogen) atoms. The highest BCUT2D eigenvalue weighted by atomic mass is 32.1. The predicted octanol–water partition coefficient (Wildman–Crippen LogP) is 3.37.